The molecule has 24 heavy (non-hydrogen) atoms. The fourth-order valence-corrected chi connectivity index (χ4v) is 4.01. The van der Waals surface area contributed by atoms with Crippen LogP contribution in [0.5, 0.6) is 0 Å². The molecule has 2 heterocycles. The number of carbonyl (C=O) groups excluding carboxylic acids is 1. The van der Waals surface area contributed by atoms with Crippen molar-refractivity contribution in [1.29, 1.82) is 0 Å². The summed E-state index contributed by atoms with van der Waals surface area (Å²) in [7, 11) is 1.99. The molecule has 120 valence electrons. The van der Waals surface area contributed by atoms with E-state index in [0.717, 1.165) is 26.7 Å². The molecule has 2 aromatic heterocycles. The molecule has 0 unspecified atom stereocenters. The summed E-state index contributed by atoms with van der Waals surface area (Å²) in [4.78, 5) is 16.8. The molecule has 0 saturated heterocycles. The van der Waals surface area contributed by atoms with Crippen molar-refractivity contribution in [3.05, 3.63) is 59.2 Å². The van der Waals surface area contributed by atoms with Gasteiger partial charge in [-0.3, -0.25) is 4.79 Å². The summed E-state index contributed by atoms with van der Waals surface area (Å²) in [6.07, 6.45) is 2.32. The van der Waals surface area contributed by atoms with Crippen LogP contribution in [0.2, 0.25) is 5.02 Å². The fourth-order valence-electron chi connectivity index (χ4n) is 2.85. The Bertz CT molecular complexity index is 1070. The number of nitrogens with one attached hydrogen (secondary N) is 1. The molecule has 0 fully saturated rings. The third kappa shape index (κ3) is 2.77. The largest absolute Gasteiger partial charge is 0.350 e. The lowest BCUT2D eigenvalue weighted by atomic mass is 10.1. The van der Waals surface area contributed by atoms with Gasteiger partial charge >= 0.3 is 0 Å². The van der Waals surface area contributed by atoms with Crippen LogP contribution in [0.4, 0.5) is 5.13 Å². The Balaban J connectivity index is 1.57. The van der Waals surface area contributed by atoms with Gasteiger partial charge in [0, 0.05) is 29.2 Å². The minimum Gasteiger partial charge on any atom is -0.350 e. The van der Waals surface area contributed by atoms with Gasteiger partial charge in [0.05, 0.1) is 16.6 Å². The highest BCUT2D eigenvalue weighted by Crippen LogP contribution is 2.28. The number of rotatable bonds is 3. The Labute approximate surface area is 147 Å². The van der Waals surface area contributed by atoms with Crippen LogP contribution in [-0.4, -0.2) is 15.5 Å². The van der Waals surface area contributed by atoms with Crippen molar-refractivity contribution < 1.29 is 4.79 Å². The first kappa shape index (κ1) is 15.2. The second-order valence-electron chi connectivity index (χ2n) is 5.64. The van der Waals surface area contributed by atoms with Crippen molar-refractivity contribution in [1.82, 2.24) is 9.55 Å². The number of aryl methyl sites for hydroxylation is 1. The van der Waals surface area contributed by atoms with Crippen LogP contribution in [0.3, 0.4) is 0 Å². The molecular weight excluding hydrogens is 342 g/mol. The second kappa shape index (κ2) is 5.92. The molecule has 0 aliphatic rings. The molecule has 0 spiro atoms. The normalized spacial score (nSPS) is 11.2. The minimum atomic E-state index is -0.0727. The number of amides is 1. The summed E-state index contributed by atoms with van der Waals surface area (Å²) >= 11 is 7.41. The van der Waals surface area contributed by atoms with E-state index in [1.165, 1.54) is 11.3 Å². The Kier molecular flexibility index (Phi) is 3.75. The number of nitrogens with zero attached hydrogens (tertiary/aromatic N) is 2. The van der Waals surface area contributed by atoms with Crippen molar-refractivity contribution in [2.24, 2.45) is 7.05 Å². The first-order valence-corrected chi connectivity index (χ1v) is 8.68. The lowest BCUT2D eigenvalue weighted by molar-refractivity contribution is -0.115. The number of aromatic nitrogens is 2. The standard InChI is InChI=1S/C18H14ClN3OS/c1-22-10-11(13-4-2-3-5-15(13)22)8-17(23)21-18-20-14-7-6-12(19)9-16(14)24-18/h2-7,9-10H,8H2,1H3,(H,20,21,23). The van der Waals surface area contributed by atoms with Crippen LogP contribution in [0.1, 0.15) is 5.56 Å². The monoisotopic (exact) mass is 355 g/mol. The van der Waals surface area contributed by atoms with Gasteiger partial charge in [-0.15, -0.1) is 0 Å². The van der Waals surface area contributed by atoms with Crippen LogP contribution in [-0.2, 0) is 18.3 Å². The first-order valence-electron chi connectivity index (χ1n) is 7.49. The minimum absolute atomic E-state index is 0.0727. The molecule has 4 rings (SSSR count). The smallest absolute Gasteiger partial charge is 0.230 e. The summed E-state index contributed by atoms with van der Waals surface area (Å²) in [5.74, 6) is -0.0727. The van der Waals surface area contributed by atoms with E-state index >= 15 is 0 Å². The van der Waals surface area contributed by atoms with Crippen molar-refractivity contribution >= 4 is 55.1 Å². The number of hydrogen-bond donors (Lipinski definition) is 1. The van der Waals surface area contributed by atoms with Crippen LogP contribution in [0.25, 0.3) is 21.1 Å². The number of hydrogen-bond acceptors (Lipinski definition) is 3. The summed E-state index contributed by atoms with van der Waals surface area (Å²) < 4.78 is 3.00. The maximum absolute atomic E-state index is 12.4. The number of fused-ring (bicyclic) bond motifs is 2. The van der Waals surface area contributed by atoms with Gasteiger partial charge < -0.3 is 9.88 Å². The highest BCUT2D eigenvalue weighted by Gasteiger charge is 2.12. The summed E-state index contributed by atoms with van der Waals surface area (Å²) in [5, 5.41) is 5.25. The van der Waals surface area contributed by atoms with E-state index in [1.54, 1.807) is 6.07 Å². The Morgan fingerprint density at radius 3 is 3.00 bits per heavy atom. The molecule has 1 amide bonds. The Morgan fingerprint density at radius 2 is 2.12 bits per heavy atom. The number of thiazole rings is 1. The van der Waals surface area contributed by atoms with Crippen molar-refractivity contribution in [2.75, 3.05) is 5.32 Å². The maximum Gasteiger partial charge on any atom is 0.230 e. The van der Waals surface area contributed by atoms with E-state index < -0.39 is 0 Å². The van der Waals surface area contributed by atoms with Crippen molar-refractivity contribution in [2.45, 2.75) is 6.42 Å². The van der Waals surface area contributed by atoms with Gasteiger partial charge in [0.15, 0.2) is 5.13 Å². The zero-order valence-electron chi connectivity index (χ0n) is 12.9. The number of benzene rings is 2. The Morgan fingerprint density at radius 1 is 1.29 bits per heavy atom. The fraction of sp³-hybridized carbons (Fsp3) is 0.111. The van der Waals surface area contributed by atoms with Gasteiger partial charge in [-0.05, 0) is 29.8 Å². The van der Waals surface area contributed by atoms with Crippen molar-refractivity contribution in [3.8, 4) is 0 Å². The van der Waals surface area contributed by atoms with Gasteiger partial charge in [0.1, 0.15) is 0 Å². The zero-order chi connectivity index (χ0) is 16.7. The van der Waals surface area contributed by atoms with E-state index in [9.17, 15) is 4.79 Å². The molecule has 2 aromatic carbocycles. The second-order valence-corrected chi connectivity index (χ2v) is 7.11. The first-order chi connectivity index (χ1) is 11.6. The van der Waals surface area contributed by atoms with Crippen LogP contribution in [0, 0.1) is 0 Å². The van der Waals surface area contributed by atoms with Gasteiger partial charge in [0.25, 0.3) is 0 Å². The van der Waals surface area contributed by atoms with Crippen LogP contribution >= 0.6 is 22.9 Å². The van der Waals surface area contributed by atoms with Crippen LogP contribution < -0.4 is 5.32 Å². The topological polar surface area (TPSA) is 46.9 Å². The predicted octanol–water partition coefficient (Wildman–Crippen LogP) is 4.62. The quantitative estimate of drug-likeness (QED) is 0.582. The molecular formula is C18H14ClN3OS. The molecule has 4 nitrogen and oxygen atoms in total. The SMILES string of the molecule is Cn1cc(CC(=O)Nc2nc3ccc(Cl)cc3s2)c2ccccc21. The van der Waals surface area contributed by atoms with Gasteiger partial charge in [-0.25, -0.2) is 4.98 Å². The third-order valence-corrected chi connectivity index (χ3v) is 5.10. The highest BCUT2D eigenvalue weighted by molar-refractivity contribution is 7.22. The predicted molar refractivity (Wildman–Crippen MR) is 99.9 cm³/mol. The molecule has 0 atom stereocenters. The van der Waals surface area contributed by atoms with E-state index in [4.69, 9.17) is 11.6 Å². The highest BCUT2D eigenvalue weighted by atomic mass is 35.5. The lowest BCUT2D eigenvalue weighted by Gasteiger charge is -2.00. The van der Waals surface area contributed by atoms with Crippen LogP contribution in [0.15, 0.2) is 48.7 Å². The van der Waals surface area contributed by atoms with Gasteiger partial charge in [-0.1, -0.05) is 41.1 Å². The molecule has 0 radical (unpaired) electrons. The van der Waals surface area contributed by atoms with Crippen molar-refractivity contribution in [3.63, 3.8) is 0 Å². The number of halogens is 1. The summed E-state index contributed by atoms with van der Waals surface area (Å²) in [6, 6.07) is 13.6. The average molecular weight is 356 g/mol. The summed E-state index contributed by atoms with van der Waals surface area (Å²) in [6.45, 7) is 0. The number of anilines is 1. The lowest BCUT2D eigenvalue weighted by Crippen LogP contribution is -2.13. The number of para-hydroxylation sites is 1. The van der Waals surface area contributed by atoms with Gasteiger partial charge in [0.2, 0.25) is 5.91 Å². The van der Waals surface area contributed by atoms with E-state index in [2.05, 4.69) is 10.3 Å². The molecule has 4 aromatic rings. The molecule has 0 saturated carbocycles. The van der Waals surface area contributed by atoms with E-state index in [-0.39, 0.29) is 5.91 Å². The summed E-state index contributed by atoms with van der Waals surface area (Å²) in [5.41, 5.74) is 2.97. The maximum atomic E-state index is 12.4. The number of carbonyl (C=O) groups is 1. The molecule has 0 aliphatic carbocycles. The van der Waals surface area contributed by atoms with E-state index in [0.29, 0.717) is 16.6 Å². The molecule has 0 bridgehead atoms. The molecule has 0 aliphatic heterocycles. The third-order valence-electron chi connectivity index (χ3n) is 3.93. The Hall–Kier alpha value is -2.37. The molecule has 1 N–H and O–H groups in total. The van der Waals surface area contributed by atoms with Gasteiger partial charge in [-0.2, -0.15) is 0 Å². The molecule has 6 heteroatoms. The zero-order valence-corrected chi connectivity index (χ0v) is 14.5. The average Bonchev–Trinajstić information content (AvgIpc) is 3.08. The van der Waals surface area contributed by atoms with E-state index in [1.807, 2.05) is 54.2 Å².